The largest absolute Gasteiger partial charge is 0.395 e. The first-order valence-corrected chi connectivity index (χ1v) is 9.23. The highest BCUT2D eigenvalue weighted by atomic mass is 16.3. The molecule has 0 heterocycles. The summed E-state index contributed by atoms with van der Waals surface area (Å²) in [6, 6.07) is 10.7. The molecule has 0 bridgehead atoms. The zero-order valence-corrected chi connectivity index (χ0v) is 15.2. The maximum atomic E-state index is 12.6. The van der Waals surface area contributed by atoms with Crippen LogP contribution in [-0.2, 0) is 11.2 Å². The van der Waals surface area contributed by atoms with Crippen molar-refractivity contribution < 1.29 is 9.90 Å². The molecule has 4 heteroatoms. The van der Waals surface area contributed by atoms with Crippen molar-refractivity contribution in [2.75, 3.05) is 33.3 Å². The fraction of sp³-hybridized carbons (Fsp3) is 0.650. The number of hydrogen-bond donors (Lipinski definition) is 1. The first kappa shape index (κ1) is 18.9. The lowest BCUT2D eigenvalue weighted by molar-refractivity contribution is -0.134. The number of likely N-dealkylation sites (N-methyl/N-ethyl adjacent to an activating group) is 1. The Balaban J connectivity index is 1.83. The van der Waals surface area contributed by atoms with E-state index in [1.54, 1.807) is 0 Å². The van der Waals surface area contributed by atoms with Gasteiger partial charge in [-0.3, -0.25) is 9.69 Å². The lowest BCUT2D eigenvalue weighted by Gasteiger charge is -2.35. The zero-order chi connectivity index (χ0) is 17.4. The van der Waals surface area contributed by atoms with Gasteiger partial charge in [-0.05, 0) is 43.6 Å². The SMILES string of the molecule is CC1CCC(N(C)C(=O)CN(CCO)CCc2ccccc2)CC1. The summed E-state index contributed by atoms with van der Waals surface area (Å²) in [5.41, 5.74) is 1.27. The quantitative estimate of drug-likeness (QED) is 0.796. The third-order valence-electron chi connectivity index (χ3n) is 5.26. The minimum absolute atomic E-state index is 0.0900. The van der Waals surface area contributed by atoms with Gasteiger partial charge < -0.3 is 10.0 Å². The highest BCUT2D eigenvalue weighted by Gasteiger charge is 2.25. The van der Waals surface area contributed by atoms with Gasteiger partial charge in [0.2, 0.25) is 5.91 Å². The molecule has 0 radical (unpaired) electrons. The first-order valence-electron chi connectivity index (χ1n) is 9.23. The summed E-state index contributed by atoms with van der Waals surface area (Å²) in [5, 5.41) is 9.30. The van der Waals surface area contributed by atoms with Crippen molar-refractivity contribution in [3.05, 3.63) is 35.9 Å². The average Bonchev–Trinajstić information content (AvgIpc) is 2.60. The van der Waals surface area contributed by atoms with Crippen LogP contribution in [-0.4, -0.2) is 60.1 Å². The number of nitrogens with zero attached hydrogens (tertiary/aromatic N) is 2. The molecule has 24 heavy (non-hydrogen) atoms. The van der Waals surface area contributed by atoms with Crippen LogP contribution in [0.25, 0.3) is 0 Å². The molecule has 1 aliphatic rings. The van der Waals surface area contributed by atoms with E-state index in [0.717, 1.165) is 31.7 Å². The van der Waals surface area contributed by atoms with Gasteiger partial charge in [-0.15, -0.1) is 0 Å². The molecule has 1 fully saturated rings. The summed E-state index contributed by atoms with van der Waals surface area (Å²) in [6.07, 6.45) is 5.58. The number of rotatable bonds is 8. The third-order valence-corrected chi connectivity index (χ3v) is 5.26. The van der Waals surface area contributed by atoms with Gasteiger partial charge >= 0.3 is 0 Å². The molecule has 1 saturated carbocycles. The summed E-state index contributed by atoms with van der Waals surface area (Å²) in [6.45, 7) is 4.13. The average molecular weight is 332 g/mol. The van der Waals surface area contributed by atoms with Gasteiger partial charge in [-0.25, -0.2) is 0 Å². The Morgan fingerprint density at radius 3 is 2.42 bits per heavy atom. The van der Waals surface area contributed by atoms with Crippen molar-refractivity contribution in [1.29, 1.82) is 0 Å². The van der Waals surface area contributed by atoms with Gasteiger partial charge in [-0.1, -0.05) is 37.3 Å². The predicted molar refractivity (Wildman–Crippen MR) is 97.9 cm³/mol. The molecule has 1 aromatic rings. The first-order chi connectivity index (χ1) is 11.6. The second-order valence-electron chi connectivity index (χ2n) is 7.15. The second kappa shape index (κ2) is 9.80. The molecule has 2 rings (SSSR count). The molecule has 4 nitrogen and oxygen atoms in total. The van der Waals surface area contributed by atoms with Crippen molar-refractivity contribution in [2.45, 2.75) is 45.1 Å². The molecule has 134 valence electrons. The molecule has 1 amide bonds. The molecule has 0 spiro atoms. The maximum Gasteiger partial charge on any atom is 0.236 e. The zero-order valence-electron chi connectivity index (χ0n) is 15.2. The standard InChI is InChI=1S/C20H32N2O2/c1-17-8-10-19(11-9-17)21(2)20(24)16-22(14-15-23)13-12-18-6-4-3-5-7-18/h3-7,17,19,23H,8-16H2,1-2H3. The Morgan fingerprint density at radius 2 is 1.79 bits per heavy atom. The number of benzene rings is 1. The van der Waals surface area contributed by atoms with Crippen LogP contribution >= 0.6 is 0 Å². The van der Waals surface area contributed by atoms with Crippen LogP contribution in [0, 0.1) is 5.92 Å². The summed E-state index contributed by atoms with van der Waals surface area (Å²) in [4.78, 5) is 16.6. The number of carbonyl (C=O) groups excluding carboxylic acids is 1. The Bertz CT molecular complexity index is 484. The molecular weight excluding hydrogens is 300 g/mol. The molecule has 0 unspecified atom stereocenters. The summed E-state index contributed by atoms with van der Waals surface area (Å²) in [7, 11) is 1.94. The Hall–Kier alpha value is -1.39. The van der Waals surface area contributed by atoms with E-state index in [1.807, 2.05) is 30.1 Å². The lowest BCUT2D eigenvalue weighted by atomic mass is 9.87. The number of carbonyl (C=O) groups is 1. The number of aliphatic hydroxyl groups is 1. The van der Waals surface area contributed by atoms with Gasteiger partial charge in [0.15, 0.2) is 0 Å². The van der Waals surface area contributed by atoms with E-state index < -0.39 is 0 Å². The molecule has 0 saturated heterocycles. The van der Waals surface area contributed by atoms with E-state index in [0.29, 0.717) is 19.1 Å². The van der Waals surface area contributed by atoms with Crippen molar-refractivity contribution >= 4 is 5.91 Å². The van der Waals surface area contributed by atoms with Crippen LogP contribution < -0.4 is 0 Å². The van der Waals surface area contributed by atoms with Crippen LogP contribution in [0.1, 0.15) is 38.2 Å². The lowest BCUT2D eigenvalue weighted by Crippen LogP contribution is -2.45. The highest BCUT2D eigenvalue weighted by Crippen LogP contribution is 2.26. The van der Waals surface area contributed by atoms with Crippen molar-refractivity contribution in [1.82, 2.24) is 9.80 Å². The minimum atomic E-state index is 0.0900. The number of amides is 1. The topological polar surface area (TPSA) is 43.8 Å². The van der Waals surface area contributed by atoms with Gasteiger partial charge in [0, 0.05) is 26.2 Å². The Kier molecular flexibility index (Phi) is 7.73. The smallest absolute Gasteiger partial charge is 0.236 e. The monoisotopic (exact) mass is 332 g/mol. The van der Waals surface area contributed by atoms with Crippen LogP contribution in [0.15, 0.2) is 30.3 Å². The molecular formula is C20H32N2O2. The normalized spacial score (nSPS) is 21.0. The van der Waals surface area contributed by atoms with Crippen LogP contribution in [0.4, 0.5) is 0 Å². The van der Waals surface area contributed by atoms with E-state index in [2.05, 4.69) is 24.0 Å². The highest BCUT2D eigenvalue weighted by molar-refractivity contribution is 5.78. The van der Waals surface area contributed by atoms with Crippen LogP contribution in [0.2, 0.25) is 0 Å². The van der Waals surface area contributed by atoms with Gasteiger partial charge in [-0.2, -0.15) is 0 Å². The summed E-state index contributed by atoms with van der Waals surface area (Å²) >= 11 is 0. The van der Waals surface area contributed by atoms with Gasteiger partial charge in [0.05, 0.1) is 13.2 Å². The summed E-state index contributed by atoms with van der Waals surface area (Å²) < 4.78 is 0. The number of aliphatic hydroxyl groups excluding tert-OH is 1. The molecule has 1 aliphatic carbocycles. The molecule has 0 aliphatic heterocycles. The Labute approximate surface area is 146 Å². The minimum Gasteiger partial charge on any atom is -0.395 e. The van der Waals surface area contributed by atoms with Crippen molar-refractivity contribution in [3.63, 3.8) is 0 Å². The maximum absolute atomic E-state index is 12.6. The molecule has 0 atom stereocenters. The van der Waals surface area contributed by atoms with E-state index in [4.69, 9.17) is 0 Å². The van der Waals surface area contributed by atoms with E-state index in [-0.39, 0.29) is 12.5 Å². The van der Waals surface area contributed by atoms with Crippen molar-refractivity contribution in [3.8, 4) is 0 Å². The van der Waals surface area contributed by atoms with E-state index in [1.165, 1.54) is 18.4 Å². The van der Waals surface area contributed by atoms with Crippen molar-refractivity contribution in [2.24, 2.45) is 5.92 Å². The van der Waals surface area contributed by atoms with Crippen LogP contribution in [0.5, 0.6) is 0 Å². The molecule has 0 aromatic heterocycles. The van der Waals surface area contributed by atoms with E-state index in [9.17, 15) is 9.90 Å². The van der Waals surface area contributed by atoms with E-state index >= 15 is 0 Å². The third kappa shape index (κ3) is 5.91. The summed E-state index contributed by atoms with van der Waals surface area (Å²) in [5.74, 6) is 0.970. The Morgan fingerprint density at radius 1 is 1.12 bits per heavy atom. The molecule has 1 N–H and O–H groups in total. The van der Waals surface area contributed by atoms with Crippen LogP contribution in [0.3, 0.4) is 0 Å². The second-order valence-corrected chi connectivity index (χ2v) is 7.15. The van der Waals surface area contributed by atoms with Gasteiger partial charge in [0.1, 0.15) is 0 Å². The molecule has 1 aromatic carbocycles. The fourth-order valence-corrected chi connectivity index (χ4v) is 3.48. The number of hydrogen-bond acceptors (Lipinski definition) is 3. The fourth-order valence-electron chi connectivity index (χ4n) is 3.48. The van der Waals surface area contributed by atoms with Gasteiger partial charge in [0.25, 0.3) is 0 Å². The predicted octanol–water partition coefficient (Wildman–Crippen LogP) is 2.56.